The molecule has 3 rings (SSSR count). The number of rotatable bonds is 5. The van der Waals surface area contributed by atoms with Crippen LogP contribution in [0, 0.1) is 5.92 Å². The van der Waals surface area contributed by atoms with Crippen molar-refractivity contribution in [2.24, 2.45) is 5.92 Å². The zero-order valence-corrected chi connectivity index (χ0v) is 15.5. The Kier molecular flexibility index (Phi) is 5.50. The van der Waals surface area contributed by atoms with Gasteiger partial charge >= 0.3 is 5.97 Å². The maximum atomic E-state index is 12.9. The van der Waals surface area contributed by atoms with E-state index in [1.54, 1.807) is 29.2 Å². The fraction of sp³-hybridized carbons (Fsp3) is 0.556. The smallest absolute Gasteiger partial charge is 0.303 e. The van der Waals surface area contributed by atoms with Gasteiger partial charge in [0.25, 0.3) is 5.91 Å². The predicted molar refractivity (Wildman–Crippen MR) is 97.7 cm³/mol. The van der Waals surface area contributed by atoms with Crippen LogP contribution in [-0.2, 0) is 14.8 Å². The number of likely N-dealkylation sites (tertiary alicyclic amines) is 1. The summed E-state index contributed by atoms with van der Waals surface area (Å²) in [6.07, 6.45) is 3.08. The van der Waals surface area contributed by atoms with Crippen molar-refractivity contribution < 1.29 is 23.1 Å². The second-order valence-electron chi connectivity index (χ2n) is 6.98. The number of anilines is 1. The summed E-state index contributed by atoms with van der Waals surface area (Å²) < 4.78 is 25.6. The van der Waals surface area contributed by atoms with Gasteiger partial charge in [0.2, 0.25) is 10.0 Å². The van der Waals surface area contributed by atoms with Gasteiger partial charge < -0.3 is 10.0 Å². The second-order valence-corrected chi connectivity index (χ2v) is 9.00. The first-order valence-corrected chi connectivity index (χ1v) is 10.6. The monoisotopic (exact) mass is 380 g/mol. The Morgan fingerprint density at radius 2 is 2.00 bits per heavy atom. The molecule has 2 fully saturated rings. The summed E-state index contributed by atoms with van der Waals surface area (Å²) >= 11 is 0. The van der Waals surface area contributed by atoms with Crippen molar-refractivity contribution in [2.75, 3.05) is 29.7 Å². The molecule has 2 aliphatic heterocycles. The van der Waals surface area contributed by atoms with Crippen LogP contribution < -0.4 is 4.31 Å². The lowest BCUT2D eigenvalue weighted by Crippen LogP contribution is -2.40. The van der Waals surface area contributed by atoms with Crippen molar-refractivity contribution in [1.82, 2.24) is 4.90 Å². The van der Waals surface area contributed by atoms with Crippen molar-refractivity contribution in [1.29, 1.82) is 0 Å². The number of carboxylic acid groups (broad SMARTS) is 1. The van der Waals surface area contributed by atoms with Gasteiger partial charge in [0.15, 0.2) is 0 Å². The lowest BCUT2D eigenvalue weighted by Gasteiger charge is -2.33. The highest BCUT2D eigenvalue weighted by atomic mass is 32.2. The topological polar surface area (TPSA) is 95.0 Å². The van der Waals surface area contributed by atoms with Gasteiger partial charge in [-0.15, -0.1) is 0 Å². The molecule has 1 N–H and O–H groups in total. The lowest BCUT2D eigenvalue weighted by atomic mass is 9.93. The van der Waals surface area contributed by atoms with Gasteiger partial charge in [0.05, 0.1) is 11.4 Å². The van der Waals surface area contributed by atoms with Crippen molar-refractivity contribution in [3.8, 4) is 0 Å². The van der Waals surface area contributed by atoms with Crippen LogP contribution >= 0.6 is 0 Å². The van der Waals surface area contributed by atoms with Gasteiger partial charge in [-0.25, -0.2) is 8.42 Å². The average Bonchev–Trinajstić information content (AvgIpc) is 2.99. The Bertz CT molecular complexity index is 793. The SMILES string of the molecule is O=C(O)CCC1CCCN(C(=O)c2cccc(N3CCCS3(=O)=O)c2)C1. The van der Waals surface area contributed by atoms with Crippen LogP contribution in [0.15, 0.2) is 24.3 Å². The predicted octanol–water partition coefficient (Wildman–Crippen LogP) is 1.94. The van der Waals surface area contributed by atoms with Crippen LogP contribution in [0.3, 0.4) is 0 Å². The molecule has 142 valence electrons. The largest absolute Gasteiger partial charge is 0.481 e. The molecule has 1 amide bonds. The Morgan fingerprint density at radius 1 is 1.19 bits per heavy atom. The molecular weight excluding hydrogens is 356 g/mol. The molecule has 8 heteroatoms. The molecule has 1 aromatic carbocycles. The molecule has 0 spiro atoms. The number of carbonyl (C=O) groups excluding carboxylic acids is 1. The third-order valence-corrected chi connectivity index (χ3v) is 6.92. The minimum Gasteiger partial charge on any atom is -0.481 e. The Labute approximate surface area is 153 Å². The second kappa shape index (κ2) is 7.65. The molecule has 1 atom stereocenters. The van der Waals surface area contributed by atoms with Crippen molar-refractivity contribution >= 4 is 27.6 Å². The van der Waals surface area contributed by atoms with E-state index in [9.17, 15) is 18.0 Å². The maximum Gasteiger partial charge on any atom is 0.303 e. The number of carboxylic acids is 1. The van der Waals surface area contributed by atoms with Gasteiger partial charge in [-0.05, 0) is 49.8 Å². The van der Waals surface area contributed by atoms with Crippen molar-refractivity contribution in [2.45, 2.75) is 32.1 Å². The number of hydrogen-bond donors (Lipinski definition) is 1. The number of sulfonamides is 1. The summed E-state index contributed by atoms with van der Waals surface area (Å²) in [5.74, 6) is -0.592. The van der Waals surface area contributed by atoms with Crippen molar-refractivity contribution in [3.05, 3.63) is 29.8 Å². The van der Waals surface area contributed by atoms with E-state index < -0.39 is 16.0 Å². The van der Waals surface area contributed by atoms with E-state index in [-0.39, 0.29) is 24.0 Å². The first-order valence-electron chi connectivity index (χ1n) is 8.98. The number of nitrogens with zero attached hydrogens (tertiary/aromatic N) is 2. The molecule has 0 aromatic heterocycles. The standard InChI is InChI=1S/C18H24N2O5S/c21-17(22)8-7-14-4-2-9-19(13-14)18(23)15-5-1-6-16(12-15)20-10-3-11-26(20,24)25/h1,5-6,12,14H,2-4,7-11,13H2,(H,21,22). The summed E-state index contributed by atoms with van der Waals surface area (Å²) in [4.78, 5) is 25.4. The van der Waals surface area contributed by atoms with Crippen LogP contribution in [-0.4, -0.2) is 55.7 Å². The molecular formula is C18H24N2O5S. The summed E-state index contributed by atoms with van der Waals surface area (Å²) in [5, 5.41) is 8.84. The third kappa shape index (κ3) is 4.17. The first kappa shape index (κ1) is 18.7. The summed E-state index contributed by atoms with van der Waals surface area (Å²) in [6, 6.07) is 6.77. The molecule has 2 heterocycles. The molecule has 0 radical (unpaired) electrons. The van der Waals surface area contributed by atoms with Crippen LogP contribution in [0.4, 0.5) is 5.69 Å². The number of amides is 1. The van der Waals surface area contributed by atoms with E-state index in [4.69, 9.17) is 5.11 Å². The normalized spacial score (nSPS) is 22.4. The van der Waals surface area contributed by atoms with Gasteiger partial charge in [-0.1, -0.05) is 6.07 Å². The summed E-state index contributed by atoms with van der Waals surface area (Å²) in [7, 11) is -3.28. The van der Waals surface area contributed by atoms with E-state index in [2.05, 4.69) is 0 Å². The van der Waals surface area contributed by atoms with Crippen LogP contribution in [0.2, 0.25) is 0 Å². The molecule has 1 unspecified atom stereocenters. The van der Waals surface area contributed by atoms with Crippen LogP contribution in [0.25, 0.3) is 0 Å². The van der Waals surface area contributed by atoms with Gasteiger partial charge in [0.1, 0.15) is 0 Å². The van der Waals surface area contributed by atoms with E-state index in [0.717, 1.165) is 12.8 Å². The molecule has 0 saturated carbocycles. The molecule has 1 aromatic rings. The van der Waals surface area contributed by atoms with E-state index >= 15 is 0 Å². The fourth-order valence-corrected chi connectivity index (χ4v) is 5.28. The summed E-state index contributed by atoms with van der Waals surface area (Å²) in [5.41, 5.74) is 1.01. The highest BCUT2D eigenvalue weighted by Crippen LogP contribution is 2.27. The zero-order valence-electron chi connectivity index (χ0n) is 14.6. The lowest BCUT2D eigenvalue weighted by molar-refractivity contribution is -0.137. The molecule has 7 nitrogen and oxygen atoms in total. The zero-order chi connectivity index (χ0) is 18.7. The minimum absolute atomic E-state index is 0.120. The number of hydrogen-bond acceptors (Lipinski definition) is 4. The Hall–Kier alpha value is -2.09. The highest BCUT2D eigenvalue weighted by molar-refractivity contribution is 7.93. The Morgan fingerprint density at radius 3 is 2.69 bits per heavy atom. The number of aliphatic carboxylic acids is 1. The van der Waals surface area contributed by atoms with Crippen LogP contribution in [0.1, 0.15) is 42.5 Å². The van der Waals surface area contributed by atoms with E-state index in [1.807, 2.05) is 0 Å². The highest BCUT2D eigenvalue weighted by Gasteiger charge is 2.30. The number of piperidine rings is 1. The van der Waals surface area contributed by atoms with Gasteiger partial charge in [0, 0.05) is 31.6 Å². The third-order valence-electron chi connectivity index (χ3n) is 5.05. The van der Waals surface area contributed by atoms with Crippen molar-refractivity contribution in [3.63, 3.8) is 0 Å². The van der Waals surface area contributed by atoms with Crippen LogP contribution in [0.5, 0.6) is 0 Å². The quantitative estimate of drug-likeness (QED) is 0.842. The molecule has 2 saturated heterocycles. The Balaban J connectivity index is 1.71. The number of carbonyl (C=O) groups is 2. The first-order chi connectivity index (χ1) is 12.4. The molecule has 2 aliphatic rings. The molecule has 0 aliphatic carbocycles. The fourth-order valence-electron chi connectivity index (χ4n) is 3.72. The maximum absolute atomic E-state index is 12.9. The van der Waals surface area contributed by atoms with Gasteiger partial charge in [-0.2, -0.15) is 0 Å². The number of benzene rings is 1. The minimum atomic E-state index is -3.28. The van der Waals surface area contributed by atoms with E-state index in [0.29, 0.717) is 43.7 Å². The van der Waals surface area contributed by atoms with E-state index in [1.165, 1.54) is 4.31 Å². The average molecular weight is 380 g/mol. The van der Waals surface area contributed by atoms with Gasteiger partial charge in [-0.3, -0.25) is 13.9 Å². The molecule has 0 bridgehead atoms. The molecule has 26 heavy (non-hydrogen) atoms. The summed E-state index contributed by atoms with van der Waals surface area (Å²) in [6.45, 7) is 1.65.